The number of carbonyl (C=O) groups is 1. The highest BCUT2D eigenvalue weighted by atomic mass is 16.5. The van der Waals surface area contributed by atoms with Crippen molar-refractivity contribution in [1.82, 2.24) is 4.98 Å². The van der Waals surface area contributed by atoms with E-state index >= 15 is 0 Å². The fraction of sp³-hybridized carbons (Fsp3) is 0.333. The van der Waals surface area contributed by atoms with Crippen LogP contribution in [0.25, 0.3) is 11.1 Å². The first-order valence-corrected chi connectivity index (χ1v) is 19.7. The molecule has 9 nitrogen and oxygen atoms in total. The molecule has 0 amide bonds. The van der Waals surface area contributed by atoms with Crippen LogP contribution in [0.3, 0.4) is 0 Å². The summed E-state index contributed by atoms with van der Waals surface area (Å²) >= 11 is 0. The Bertz CT molecular complexity index is 2470. The first-order chi connectivity index (χ1) is 27.7. The molecule has 5 atom stereocenters. The number of phenolic OH excluding ortho intramolecular Hbond substituents is 2. The third-order valence-corrected chi connectivity index (χ3v) is 12.8. The lowest BCUT2D eigenvalue weighted by atomic mass is 9.64. The Kier molecular flexibility index (Phi) is 9.23. The number of pyridine rings is 1. The molecule has 0 unspecified atom stereocenters. The van der Waals surface area contributed by atoms with Gasteiger partial charge in [0.15, 0.2) is 11.5 Å². The molecule has 1 aromatic heterocycles. The van der Waals surface area contributed by atoms with Gasteiger partial charge >= 0.3 is 5.97 Å². The van der Waals surface area contributed by atoms with Crippen LogP contribution in [0, 0.1) is 17.8 Å². The molecule has 0 radical (unpaired) electrons. The Morgan fingerprint density at radius 3 is 2.54 bits per heavy atom. The number of anilines is 1. The van der Waals surface area contributed by atoms with Crippen molar-refractivity contribution in [2.24, 2.45) is 5.92 Å². The number of aromatic nitrogens is 1. The lowest BCUT2D eigenvalue weighted by molar-refractivity contribution is -0.141. The Morgan fingerprint density at radius 1 is 0.947 bits per heavy atom. The predicted molar refractivity (Wildman–Crippen MR) is 217 cm³/mol. The first kappa shape index (κ1) is 36.5. The third-order valence-electron chi connectivity index (χ3n) is 12.8. The highest BCUT2D eigenvalue weighted by Gasteiger charge is 2.52. The molecular formula is C48H46N2O7. The van der Waals surface area contributed by atoms with Gasteiger partial charge in [-0.3, -0.25) is 4.79 Å². The minimum atomic E-state index is -0.584. The quantitative estimate of drug-likeness (QED) is 0.110. The smallest absolute Gasteiger partial charge is 0.302 e. The van der Waals surface area contributed by atoms with Gasteiger partial charge in [0.05, 0.1) is 20.1 Å². The van der Waals surface area contributed by atoms with Gasteiger partial charge in [0.1, 0.15) is 41.5 Å². The number of aromatic hydroxyl groups is 2. The van der Waals surface area contributed by atoms with Gasteiger partial charge in [-0.2, -0.15) is 0 Å². The molecule has 1 fully saturated rings. The summed E-state index contributed by atoms with van der Waals surface area (Å²) < 4.78 is 24.7. The number of nitrogens with two attached hydrogens (primary N) is 1. The molecule has 3 heterocycles. The number of hydrogen-bond acceptors (Lipinski definition) is 9. The summed E-state index contributed by atoms with van der Waals surface area (Å²) in [5, 5.41) is 22.1. The molecule has 4 aromatic carbocycles. The van der Waals surface area contributed by atoms with Gasteiger partial charge in [-0.15, -0.1) is 0 Å². The monoisotopic (exact) mass is 762 g/mol. The molecule has 9 rings (SSSR count). The van der Waals surface area contributed by atoms with Crippen molar-refractivity contribution in [2.45, 2.75) is 75.2 Å². The molecule has 9 heteroatoms. The molecule has 290 valence electrons. The Hall–Kier alpha value is -6.14. The van der Waals surface area contributed by atoms with Crippen LogP contribution < -0.4 is 19.9 Å². The number of nitrogens with zero attached hydrogens (tertiary/aromatic N) is 1. The summed E-state index contributed by atoms with van der Waals surface area (Å²) in [4.78, 5) is 17.2. The van der Waals surface area contributed by atoms with Crippen molar-refractivity contribution in [3.8, 4) is 51.7 Å². The molecule has 0 saturated heterocycles. The second-order valence-electron chi connectivity index (χ2n) is 16.0. The van der Waals surface area contributed by atoms with Crippen LogP contribution in [0.2, 0.25) is 0 Å². The molecular weight excluding hydrogens is 717 g/mol. The minimum absolute atomic E-state index is 0.00708. The molecule has 2 aliphatic carbocycles. The van der Waals surface area contributed by atoms with Gasteiger partial charge in [0.25, 0.3) is 0 Å². The maximum Gasteiger partial charge on any atom is 0.302 e. The second-order valence-corrected chi connectivity index (χ2v) is 16.0. The standard InChI is InChI=1S/C48H46N2O7/c1-27(51)56-26-38-35-14-15-36-44-31(20-32(52)22-42(44)55-3)25-48-19-18-30(24-48)33(13-12-28-8-5-4-6-9-28)34-16-17-43(49)50-39(34)11-7-10-29-21-40(53)41(54-2)23-37(29)46(38)57-47(35)45(36)48/h4-6,8-9,14-17,20-23,30,33,38,46,52-53H,10,12-13,18-19,24-26H2,1-3H3,(H2,49,50)/t30-,33-,38+,46-,48+/m1/s1. The average Bonchev–Trinajstić information content (AvgIpc) is 3.79. The minimum Gasteiger partial charge on any atom is -0.508 e. The van der Waals surface area contributed by atoms with Crippen molar-refractivity contribution in [3.05, 3.63) is 124 Å². The summed E-state index contributed by atoms with van der Waals surface area (Å²) in [5.41, 5.74) is 15.7. The number of fused-ring (bicyclic) bond motifs is 7. The Morgan fingerprint density at radius 2 is 1.75 bits per heavy atom. The largest absolute Gasteiger partial charge is 0.508 e. The summed E-state index contributed by atoms with van der Waals surface area (Å²) in [5.74, 6) is 8.75. The number of methoxy groups -OCH3 is 2. The van der Waals surface area contributed by atoms with Gasteiger partial charge in [-0.05, 0) is 108 Å². The average molecular weight is 763 g/mol. The lowest BCUT2D eigenvalue weighted by Gasteiger charge is -2.39. The van der Waals surface area contributed by atoms with Crippen LogP contribution >= 0.6 is 0 Å². The SMILES string of the molecule is COc1cc2c(cc1O)CC#Cc1nc(N)ccc1[C@H](CCc1ccccc1)[C@@H]1CC[C@@]3(Cc4cc(O)cc(OC)c4-c4ccc5c(c43)O[C@H]2[C@H]5COC(C)=O)C1. The number of ether oxygens (including phenoxy) is 4. The van der Waals surface area contributed by atoms with E-state index in [1.807, 2.05) is 24.3 Å². The first-order valence-electron chi connectivity index (χ1n) is 19.7. The number of esters is 1. The van der Waals surface area contributed by atoms with Gasteiger partial charge in [-0.25, -0.2) is 4.98 Å². The number of hydrogen-bond donors (Lipinski definition) is 3. The molecule has 1 saturated carbocycles. The van der Waals surface area contributed by atoms with E-state index in [4.69, 9.17) is 29.7 Å². The van der Waals surface area contributed by atoms with Gasteiger partial charge in [0.2, 0.25) is 0 Å². The van der Waals surface area contributed by atoms with Crippen LogP contribution in [-0.4, -0.2) is 42.0 Å². The number of phenols is 2. The molecule has 4 N–H and O–H groups in total. The lowest BCUT2D eigenvalue weighted by Crippen LogP contribution is -2.31. The molecule has 1 spiro atoms. The van der Waals surface area contributed by atoms with E-state index < -0.39 is 6.10 Å². The number of rotatable bonds is 7. The number of benzene rings is 4. The predicted octanol–water partition coefficient (Wildman–Crippen LogP) is 8.46. The fourth-order valence-corrected chi connectivity index (χ4v) is 10.3. The fourth-order valence-electron chi connectivity index (χ4n) is 10.3. The third kappa shape index (κ3) is 6.37. The van der Waals surface area contributed by atoms with Crippen LogP contribution in [0.15, 0.2) is 78.9 Å². The molecule has 5 aromatic rings. The van der Waals surface area contributed by atoms with Gasteiger partial charge in [0, 0.05) is 47.1 Å². The normalized spacial score (nSPS) is 22.3. The van der Waals surface area contributed by atoms with E-state index in [0.29, 0.717) is 29.4 Å². The van der Waals surface area contributed by atoms with Crippen molar-refractivity contribution in [2.75, 3.05) is 26.6 Å². The topological polar surface area (TPSA) is 133 Å². The van der Waals surface area contributed by atoms with Crippen LogP contribution in [0.1, 0.15) is 95.2 Å². The highest BCUT2D eigenvalue weighted by molar-refractivity contribution is 5.84. The Balaban J connectivity index is 1.30. The summed E-state index contributed by atoms with van der Waals surface area (Å²) in [7, 11) is 3.16. The van der Waals surface area contributed by atoms with Crippen molar-refractivity contribution >= 4 is 11.8 Å². The zero-order valence-electron chi connectivity index (χ0n) is 32.4. The maximum atomic E-state index is 12.4. The number of carbonyl (C=O) groups excluding carboxylic acids is 1. The van der Waals surface area contributed by atoms with E-state index in [1.54, 1.807) is 19.2 Å². The second kappa shape index (κ2) is 14.4. The zero-order valence-corrected chi connectivity index (χ0v) is 32.4. The van der Waals surface area contributed by atoms with Crippen molar-refractivity contribution in [1.29, 1.82) is 0 Å². The zero-order chi connectivity index (χ0) is 39.4. The van der Waals surface area contributed by atoms with E-state index in [0.717, 1.165) is 82.4 Å². The molecule has 57 heavy (non-hydrogen) atoms. The van der Waals surface area contributed by atoms with Crippen molar-refractivity contribution < 1.29 is 34.0 Å². The van der Waals surface area contributed by atoms with E-state index in [1.165, 1.54) is 19.6 Å². The summed E-state index contributed by atoms with van der Waals surface area (Å²) in [6.07, 6.45) is 4.90. The van der Waals surface area contributed by atoms with Crippen molar-refractivity contribution in [3.63, 3.8) is 0 Å². The summed E-state index contributed by atoms with van der Waals surface area (Å²) in [6, 6.07) is 25.9. The van der Waals surface area contributed by atoms with E-state index in [2.05, 4.69) is 54.3 Å². The van der Waals surface area contributed by atoms with Crippen LogP contribution in [0.4, 0.5) is 5.82 Å². The highest BCUT2D eigenvalue weighted by Crippen LogP contribution is 2.63. The molecule has 4 aliphatic rings. The summed E-state index contributed by atoms with van der Waals surface area (Å²) in [6.45, 7) is 1.52. The van der Waals surface area contributed by atoms with Crippen LogP contribution in [0.5, 0.6) is 28.7 Å². The Labute approximate surface area is 332 Å². The molecule has 2 aliphatic heterocycles. The molecule has 4 bridgehead atoms. The van der Waals surface area contributed by atoms with E-state index in [9.17, 15) is 15.0 Å². The van der Waals surface area contributed by atoms with Gasteiger partial charge in [-0.1, -0.05) is 54.5 Å². The van der Waals surface area contributed by atoms with Crippen LogP contribution in [-0.2, 0) is 34.2 Å². The van der Waals surface area contributed by atoms with Gasteiger partial charge < -0.3 is 34.9 Å². The number of aryl methyl sites for hydroxylation is 1. The maximum absolute atomic E-state index is 12.4. The van der Waals surface area contributed by atoms with E-state index in [-0.39, 0.29) is 53.7 Å². The number of nitrogen functional groups attached to an aromatic ring is 1.